The molecule has 0 atom stereocenters. The third kappa shape index (κ3) is 4.13. The van der Waals surface area contributed by atoms with Gasteiger partial charge in [-0.25, -0.2) is 0 Å². The second kappa shape index (κ2) is 8.88. The molecule has 0 aliphatic carbocycles. The molecule has 34 heavy (non-hydrogen) atoms. The highest BCUT2D eigenvalue weighted by Crippen LogP contribution is 2.35. The van der Waals surface area contributed by atoms with Gasteiger partial charge in [-0.3, -0.25) is 4.57 Å². The van der Waals surface area contributed by atoms with Crippen LogP contribution in [0.5, 0.6) is 11.5 Å². The maximum absolute atomic E-state index is 6.05. The van der Waals surface area contributed by atoms with E-state index in [1.807, 2.05) is 59.2 Å². The molecule has 0 amide bonds. The summed E-state index contributed by atoms with van der Waals surface area (Å²) in [6.07, 6.45) is 1.64. The molecule has 0 spiro atoms. The molecular formula is C23H16ClN5O4S. The molecule has 0 fully saturated rings. The first-order valence-corrected chi connectivity index (χ1v) is 11.7. The minimum absolute atomic E-state index is 0.212. The van der Waals surface area contributed by atoms with Gasteiger partial charge < -0.3 is 18.4 Å². The highest BCUT2D eigenvalue weighted by atomic mass is 35.5. The van der Waals surface area contributed by atoms with Crippen molar-refractivity contribution in [1.29, 1.82) is 0 Å². The smallest absolute Gasteiger partial charge is 0.237 e. The van der Waals surface area contributed by atoms with Crippen molar-refractivity contribution in [3.63, 3.8) is 0 Å². The number of nitrogens with zero attached hydrogens (tertiary/aromatic N) is 5. The molecule has 6 rings (SSSR count). The van der Waals surface area contributed by atoms with Crippen LogP contribution < -0.4 is 9.47 Å². The zero-order chi connectivity index (χ0) is 22.9. The van der Waals surface area contributed by atoms with E-state index >= 15 is 0 Å². The number of halogens is 1. The third-order valence-corrected chi connectivity index (χ3v) is 6.34. The Morgan fingerprint density at radius 2 is 1.82 bits per heavy atom. The SMILES string of the molecule is Clc1ccc(-c2nnc(SCc3nc(-c4ccc5c(c4)OCO5)no3)n2Cc2ccco2)cc1. The summed E-state index contributed by atoms with van der Waals surface area (Å²) < 4.78 is 23.8. The standard InChI is InChI=1S/C23H16ClN5O4S/c24-16-6-3-14(4-7-16)22-26-27-23(29(22)11-17-2-1-9-30-17)34-12-20-25-21(28-33-20)15-5-8-18-19(10-15)32-13-31-18/h1-10H,11-13H2. The Morgan fingerprint density at radius 1 is 0.971 bits per heavy atom. The molecule has 9 nitrogen and oxygen atoms in total. The summed E-state index contributed by atoms with van der Waals surface area (Å²) in [5.41, 5.74) is 1.69. The predicted octanol–water partition coefficient (Wildman–Crippen LogP) is 5.31. The van der Waals surface area contributed by atoms with Gasteiger partial charge in [-0.2, -0.15) is 4.98 Å². The molecule has 1 aliphatic heterocycles. The van der Waals surface area contributed by atoms with Crippen LogP contribution in [-0.2, 0) is 12.3 Å². The van der Waals surface area contributed by atoms with Gasteiger partial charge in [-0.1, -0.05) is 28.5 Å². The molecule has 4 heterocycles. The molecule has 0 saturated heterocycles. The van der Waals surface area contributed by atoms with Gasteiger partial charge >= 0.3 is 0 Å². The third-order valence-electron chi connectivity index (χ3n) is 5.14. The lowest BCUT2D eigenvalue weighted by Gasteiger charge is -2.08. The van der Waals surface area contributed by atoms with Crippen molar-refractivity contribution in [2.24, 2.45) is 0 Å². The number of hydrogen-bond acceptors (Lipinski definition) is 9. The molecule has 0 bridgehead atoms. The van der Waals surface area contributed by atoms with E-state index in [9.17, 15) is 0 Å². The Kier molecular flexibility index (Phi) is 5.44. The van der Waals surface area contributed by atoms with E-state index in [1.165, 1.54) is 11.8 Å². The largest absolute Gasteiger partial charge is 0.467 e. The fourth-order valence-corrected chi connectivity index (χ4v) is 4.40. The van der Waals surface area contributed by atoms with Crippen molar-refractivity contribution in [2.75, 3.05) is 6.79 Å². The monoisotopic (exact) mass is 493 g/mol. The van der Waals surface area contributed by atoms with Gasteiger partial charge in [0.25, 0.3) is 0 Å². The minimum atomic E-state index is 0.212. The quantitative estimate of drug-likeness (QED) is 0.279. The van der Waals surface area contributed by atoms with Crippen LogP contribution in [0.2, 0.25) is 5.02 Å². The van der Waals surface area contributed by atoms with Gasteiger partial charge in [0.15, 0.2) is 22.5 Å². The molecule has 0 saturated carbocycles. The summed E-state index contributed by atoms with van der Waals surface area (Å²) in [6.45, 7) is 0.691. The Balaban J connectivity index is 1.24. The first-order valence-electron chi connectivity index (χ1n) is 10.3. The molecule has 1 aliphatic rings. The lowest BCUT2D eigenvalue weighted by atomic mass is 10.2. The fourth-order valence-electron chi connectivity index (χ4n) is 3.50. The molecule has 0 radical (unpaired) electrons. The number of furan rings is 1. The van der Waals surface area contributed by atoms with E-state index in [4.69, 9.17) is 30.0 Å². The lowest BCUT2D eigenvalue weighted by Crippen LogP contribution is -2.03. The molecule has 2 aromatic carbocycles. The molecular weight excluding hydrogens is 478 g/mol. The molecule has 11 heteroatoms. The summed E-state index contributed by atoms with van der Waals surface area (Å²) in [4.78, 5) is 4.52. The highest BCUT2D eigenvalue weighted by Gasteiger charge is 2.19. The summed E-state index contributed by atoms with van der Waals surface area (Å²) in [7, 11) is 0. The Labute approximate surface area is 202 Å². The average molecular weight is 494 g/mol. The van der Waals surface area contributed by atoms with Gasteiger partial charge in [0.2, 0.25) is 18.5 Å². The van der Waals surface area contributed by atoms with Gasteiger partial charge in [-0.05, 0) is 54.6 Å². The maximum Gasteiger partial charge on any atom is 0.237 e. The van der Waals surface area contributed by atoms with Crippen molar-refractivity contribution in [2.45, 2.75) is 17.5 Å². The van der Waals surface area contributed by atoms with Crippen molar-refractivity contribution in [3.05, 3.63) is 77.5 Å². The van der Waals surface area contributed by atoms with Crippen molar-refractivity contribution < 1.29 is 18.4 Å². The van der Waals surface area contributed by atoms with Crippen molar-refractivity contribution in [3.8, 4) is 34.3 Å². The van der Waals surface area contributed by atoms with E-state index in [0.717, 1.165) is 16.9 Å². The second-order valence-corrected chi connectivity index (χ2v) is 8.73. The summed E-state index contributed by atoms with van der Waals surface area (Å²) >= 11 is 7.50. The normalized spacial score (nSPS) is 12.4. The summed E-state index contributed by atoms with van der Waals surface area (Å²) in [5, 5.41) is 14.3. The number of rotatable bonds is 7. The Bertz CT molecular complexity index is 1430. The summed E-state index contributed by atoms with van der Waals surface area (Å²) in [5.74, 6) is 4.25. The van der Waals surface area contributed by atoms with E-state index in [-0.39, 0.29) is 6.79 Å². The average Bonchev–Trinajstić information content (AvgIpc) is 3.65. The predicted molar refractivity (Wildman–Crippen MR) is 124 cm³/mol. The molecule has 0 N–H and O–H groups in total. The number of benzene rings is 2. The van der Waals surface area contributed by atoms with Crippen LogP contribution in [0.15, 0.2) is 75.0 Å². The van der Waals surface area contributed by atoms with E-state index < -0.39 is 0 Å². The molecule has 3 aromatic heterocycles. The first kappa shape index (κ1) is 20.8. The van der Waals surface area contributed by atoms with E-state index in [2.05, 4.69) is 20.3 Å². The van der Waals surface area contributed by atoms with Gasteiger partial charge in [-0.15, -0.1) is 10.2 Å². The van der Waals surface area contributed by atoms with Crippen LogP contribution in [0.1, 0.15) is 11.7 Å². The second-order valence-electron chi connectivity index (χ2n) is 7.35. The Morgan fingerprint density at radius 3 is 2.68 bits per heavy atom. The molecule has 5 aromatic rings. The number of hydrogen-bond donors (Lipinski definition) is 0. The first-order chi connectivity index (χ1) is 16.7. The van der Waals surface area contributed by atoms with Gasteiger partial charge in [0.05, 0.1) is 18.6 Å². The zero-order valence-electron chi connectivity index (χ0n) is 17.6. The van der Waals surface area contributed by atoms with Crippen LogP contribution in [0.4, 0.5) is 0 Å². The van der Waals surface area contributed by atoms with Crippen LogP contribution in [0.3, 0.4) is 0 Å². The van der Waals surface area contributed by atoms with Crippen LogP contribution in [0.25, 0.3) is 22.8 Å². The van der Waals surface area contributed by atoms with Crippen molar-refractivity contribution >= 4 is 23.4 Å². The molecule has 170 valence electrons. The van der Waals surface area contributed by atoms with Crippen LogP contribution in [0, 0.1) is 0 Å². The highest BCUT2D eigenvalue weighted by molar-refractivity contribution is 7.98. The topological polar surface area (TPSA) is 101 Å². The Hall–Kier alpha value is -3.76. The number of thioether (sulfide) groups is 1. The maximum atomic E-state index is 6.05. The summed E-state index contributed by atoms with van der Waals surface area (Å²) in [6, 6.07) is 16.8. The van der Waals surface area contributed by atoms with Crippen molar-refractivity contribution in [1.82, 2.24) is 24.9 Å². The van der Waals surface area contributed by atoms with E-state index in [1.54, 1.807) is 6.26 Å². The number of fused-ring (bicyclic) bond motifs is 1. The van der Waals surface area contributed by atoms with Crippen LogP contribution in [-0.4, -0.2) is 31.7 Å². The van der Waals surface area contributed by atoms with Gasteiger partial charge in [0.1, 0.15) is 5.76 Å². The minimum Gasteiger partial charge on any atom is -0.467 e. The number of aromatic nitrogens is 5. The number of ether oxygens (including phenoxy) is 2. The van der Waals surface area contributed by atoms with Gasteiger partial charge in [0, 0.05) is 16.1 Å². The molecule has 0 unspecified atom stereocenters. The van der Waals surface area contributed by atoms with Crippen LogP contribution >= 0.6 is 23.4 Å². The zero-order valence-corrected chi connectivity index (χ0v) is 19.1. The fraction of sp³-hybridized carbons (Fsp3) is 0.130. The lowest BCUT2D eigenvalue weighted by molar-refractivity contribution is 0.174. The van der Waals surface area contributed by atoms with E-state index in [0.29, 0.717) is 51.5 Å².